The van der Waals surface area contributed by atoms with Crippen molar-refractivity contribution in [3.05, 3.63) is 77.9 Å². The number of benzene rings is 1. The number of nitrogens with zero attached hydrogens (tertiary/aromatic N) is 3. The van der Waals surface area contributed by atoms with Gasteiger partial charge in [0, 0.05) is 18.8 Å². The monoisotopic (exact) mass is 421 g/mol. The number of rotatable bonds is 6. The van der Waals surface area contributed by atoms with Crippen molar-refractivity contribution in [2.75, 3.05) is 36.9 Å². The van der Waals surface area contributed by atoms with Crippen molar-refractivity contribution in [3.8, 4) is 0 Å². The number of carbonyl (C=O) groups is 1. The fourth-order valence-electron chi connectivity index (χ4n) is 3.42. The van der Waals surface area contributed by atoms with Crippen LogP contribution in [0.2, 0.25) is 0 Å². The van der Waals surface area contributed by atoms with Crippen molar-refractivity contribution in [1.82, 2.24) is 14.9 Å². The highest BCUT2D eigenvalue weighted by molar-refractivity contribution is 5.92. The Kier molecular flexibility index (Phi) is 6.49. The topological polar surface area (TPSA) is 79.4 Å². The van der Waals surface area contributed by atoms with Crippen molar-refractivity contribution < 1.29 is 13.9 Å². The molecule has 1 atom stereocenters. The minimum atomic E-state index is -0.452. The van der Waals surface area contributed by atoms with Crippen molar-refractivity contribution in [2.45, 2.75) is 13.0 Å². The first-order chi connectivity index (χ1) is 15.1. The lowest BCUT2D eigenvalue weighted by Gasteiger charge is -2.32. The highest BCUT2D eigenvalue weighted by Crippen LogP contribution is 2.23. The normalized spacial score (nSPS) is 16.6. The van der Waals surface area contributed by atoms with Crippen molar-refractivity contribution in [2.24, 2.45) is 0 Å². The smallest absolute Gasteiger partial charge is 0.238 e. The second-order valence-electron chi connectivity index (χ2n) is 7.36. The fourth-order valence-corrected chi connectivity index (χ4v) is 3.42. The Morgan fingerprint density at radius 2 is 1.87 bits per heavy atom. The van der Waals surface area contributed by atoms with E-state index in [4.69, 9.17) is 4.74 Å². The largest absolute Gasteiger partial charge is 0.369 e. The lowest BCUT2D eigenvalue weighted by Crippen LogP contribution is -2.42. The molecule has 2 aromatic heterocycles. The lowest BCUT2D eigenvalue weighted by molar-refractivity contribution is -0.119. The maximum Gasteiger partial charge on any atom is 0.238 e. The third-order valence-corrected chi connectivity index (χ3v) is 4.91. The van der Waals surface area contributed by atoms with Crippen LogP contribution in [-0.2, 0) is 9.53 Å². The minimum Gasteiger partial charge on any atom is -0.369 e. The van der Waals surface area contributed by atoms with E-state index in [9.17, 15) is 9.18 Å². The summed E-state index contributed by atoms with van der Waals surface area (Å²) in [7, 11) is 0. The molecule has 31 heavy (non-hydrogen) atoms. The molecule has 160 valence electrons. The van der Waals surface area contributed by atoms with Gasteiger partial charge in [0.05, 0.1) is 24.5 Å². The predicted molar refractivity (Wildman–Crippen MR) is 117 cm³/mol. The van der Waals surface area contributed by atoms with Gasteiger partial charge in [-0.1, -0.05) is 24.3 Å². The summed E-state index contributed by atoms with van der Waals surface area (Å²) in [6.45, 7) is 3.70. The molecule has 0 radical (unpaired) electrons. The van der Waals surface area contributed by atoms with Gasteiger partial charge in [-0.2, -0.15) is 0 Å². The van der Waals surface area contributed by atoms with Crippen LogP contribution in [0.5, 0.6) is 0 Å². The number of nitrogens with one attached hydrogen (secondary N) is 2. The Bertz CT molecular complexity index is 1060. The molecule has 2 N–H and O–H groups in total. The van der Waals surface area contributed by atoms with Gasteiger partial charge in [0.1, 0.15) is 23.6 Å². The van der Waals surface area contributed by atoms with Crippen LogP contribution in [0.15, 0.2) is 60.7 Å². The lowest BCUT2D eigenvalue weighted by atomic mass is 10.2. The number of ether oxygens (including phenoxy) is 1. The molecule has 3 heterocycles. The average molecular weight is 421 g/mol. The molecular weight excluding hydrogens is 397 g/mol. The molecule has 3 aromatic rings. The Morgan fingerprint density at radius 3 is 2.68 bits per heavy atom. The van der Waals surface area contributed by atoms with Crippen LogP contribution >= 0.6 is 0 Å². The van der Waals surface area contributed by atoms with Gasteiger partial charge in [-0.25, -0.2) is 14.4 Å². The molecule has 7 nitrogen and oxygen atoms in total. The molecule has 1 fully saturated rings. The molecule has 1 aromatic carbocycles. The molecule has 0 bridgehead atoms. The number of morpholine rings is 1. The Labute approximate surface area is 180 Å². The highest BCUT2D eigenvalue weighted by Gasteiger charge is 2.25. The number of aryl methyl sites for hydroxylation is 1. The van der Waals surface area contributed by atoms with Gasteiger partial charge in [0.25, 0.3) is 0 Å². The standard InChI is InChI=1S/C23H24FN5O2/c1-16-6-4-10-21(25-16)28-22-11-5-9-19(26-22)20-14-29(12-13-31-20)15-23(30)27-18-8-3-2-7-17(18)24/h2-11,20H,12-15H2,1H3,(H,27,30)(H,25,26,28). The quantitative estimate of drug-likeness (QED) is 0.632. The van der Waals surface area contributed by atoms with E-state index in [1.807, 2.05) is 48.2 Å². The molecule has 0 aliphatic carbocycles. The third kappa shape index (κ3) is 5.62. The zero-order chi connectivity index (χ0) is 21.6. The van der Waals surface area contributed by atoms with E-state index in [1.54, 1.807) is 18.2 Å². The van der Waals surface area contributed by atoms with Crippen LogP contribution in [0, 0.1) is 12.7 Å². The van der Waals surface area contributed by atoms with Gasteiger partial charge in [0.2, 0.25) is 5.91 Å². The van der Waals surface area contributed by atoms with Crippen LogP contribution in [0.3, 0.4) is 0 Å². The molecule has 1 aliphatic rings. The second kappa shape index (κ2) is 9.63. The first-order valence-corrected chi connectivity index (χ1v) is 10.1. The van der Waals surface area contributed by atoms with Gasteiger partial charge in [-0.05, 0) is 43.3 Å². The molecule has 1 unspecified atom stereocenters. The van der Waals surface area contributed by atoms with Crippen molar-refractivity contribution in [1.29, 1.82) is 0 Å². The molecule has 1 amide bonds. The predicted octanol–water partition coefficient (Wildman–Crippen LogP) is 3.68. The van der Waals surface area contributed by atoms with Gasteiger partial charge >= 0.3 is 0 Å². The molecule has 0 saturated carbocycles. The van der Waals surface area contributed by atoms with E-state index in [1.165, 1.54) is 6.07 Å². The Balaban J connectivity index is 1.38. The van der Waals surface area contributed by atoms with Crippen molar-refractivity contribution >= 4 is 23.2 Å². The first kappa shape index (κ1) is 20.9. The number of aromatic nitrogens is 2. The molecule has 1 saturated heterocycles. The third-order valence-electron chi connectivity index (χ3n) is 4.91. The fraction of sp³-hybridized carbons (Fsp3) is 0.261. The van der Waals surface area contributed by atoms with E-state index in [0.29, 0.717) is 25.5 Å². The van der Waals surface area contributed by atoms with Crippen LogP contribution in [-0.4, -0.2) is 47.0 Å². The molecule has 1 aliphatic heterocycles. The van der Waals surface area contributed by atoms with Crippen LogP contribution in [0.25, 0.3) is 0 Å². The summed E-state index contributed by atoms with van der Waals surface area (Å²) in [5, 5.41) is 5.83. The zero-order valence-corrected chi connectivity index (χ0v) is 17.2. The zero-order valence-electron chi connectivity index (χ0n) is 17.2. The SMILES string of the molecule is Cc1cccc(Nc2cccc(C3CN(CC(=O)Nc4ccccc4F)CCO3)n2)n1. The maximum absolute atomic E-state index is 13.8. The summed E-state index contributed by atoms with van der Waals surface area (Å²) < 4.78 is 19.7. The summed E-state index contributed by atoms with van der Waals surface area (Å²) in [5.41, 5.74) is 1.88. The number of halogens is 1. The number of carbonyl (C=O) groups excluding carboxylic acids is 1. The van der Waals surface area contributed by atoms with E-state index in [0.717, 1.165) is 17.2 Å². The van der Waals surface area contributed by atoms with E-state index in [-0.39, 0.29) is 24.2 Å². The van der Waals surface area contributed by atoms with Gasteiger partial charge < -0.3 is 15.4 Å². The highest BCUT2D eigenvalue weighted by atomic mass is 19.1. The summed E-state index contributed by atoms with van der Waals surface area (Å²) in [4.78, 5) is 23.4. The number of amides is 1. The number of anilines is 3. The Morgan fingerprint density at radius 1 is 1.10 bits per heavy atom. The summed E-state index contributed by atoms with van der Waals surface area (Å²) >= 11 is 0. The van der Waals surface area contributed by atoms with Crippen LogP contribution in [0.4, 0.5) is 21.7 Å². The van der Waals surface area contributed by atoms with E-state index in [2.05, 4.69) is 20.6 Å². The molecule has 0 spiro atoms. The summed E-state index contributed by atoms with van der Waals surface area (Å²) in [6, 6.07) is 17.6. The van der Waals surface area contributed by atoms with Gasteiger partial charge in [-0.3, -0.25) is 9.69 Å². The number of pyridine rings is 2. The van der Waals surface area contributed by atoms with E-state index < -0.39 is 5.82 Å². The molecule has 8 heteroatoms. The van der Waals surface area contributed by atoms with Gasteiger partial charge in [0.15, 0.2) is 0 Å². The maximum atomic E-state index is 13.8. The molecule has 4 rings (SSSR count). The molecular formula is C23H24FN5O2. The number of hydrogen-bond donors (Lipinski definition) is 2. The Hall–Kier alpha value is -3.36. The van der Waals surface area contributed by atoms with Crippen molar-refractivity contribution in [3.63, 3.8) is 0 Å². The minimum absolute atomic E-state index is 0.152. The number of hydrogen-bond acceptors (Lipinski definition) is 6. The first-order valence-electron chi connectivity index (χ1n) is 10.1. The average Bonchev–Trinajstić information content (AvgIpc) is 2.76. The summed E-state index contributed by atoms with van der Waals surface area (Å²) in [6.07, 6.45) is -0.262. The second-order valence-corrected chi connectivity index (χ2v) is 7.36. The van der Waals surface area contributed by atoms with Crippen LogP contribution in [0.1, 0.15) is 17.5 Å². The van der Waals surface area contributed by atoms with Gasteiger partial charge in [-0.15, -0.1) is 0 Å². The summed E-state index contributed by atoms with van der Waals surface area (Å²) in [5.74, 6) is 0.682. The van der Waals surface area contributed by atoms with Crippen LogP contribution < -0.4 is 10.6 Å². The van der Waals surface area contributed by atoms with E-state index >= 15 is 0 Å². The number of para-hydroxylation sites is 1.